The van der Waals surface area contributed by atoms with Crippen LogP contribution >= 0.6 is 0 Å². The van der Waals surface area contributed by atoms with Crippen LogP contribution in [0.4, 0.5) is 4.79 Å². The van der Waals surface area contributed by atoms with E-state index in [1.807, 2.05) is 20.8 Å². The number of carbonyl (C=O) groups excluding carboxylic acids is 1. The Bertz CT molecular complexity index is 297. The van der Waals surface area contributed by atoms with Gasteiger partial charge in [0, 0.05) is 6.54 Å². The van der Waals surface area contributed by atoms with Crippen molar-refractivity contribution in [1.82, 2.24) is 10.6 Å². The van der Waals surface area contributed by atoms with Crippen LogP contribution in [0.1, 0.15) is 27.2 Å². The Morgan fingerprint density at radius 1 is 1.44 bits per heavy atom. The van der Waals surface area contributed by atoms with Crippen molar-refractivity contribution in [1.29, 1.82) is 0 Å². The second kappa shape index (κ2) is 7.71. The first-order chi connectivity index (χ1) is 8.26. The van der Waals surface area contributed by atoms with E-state index in [0.717, 1.165) is 0 Å². The van der Waals surface area contributed by atoms with E-state index in [4.69, 9.17) is 9.84 Å². The highest BCUT2D eigenvalue weighted by Gasteiger charge is 2.23. The second-order valence-electron chi connectivity index (χ2n) is 4.79. The number of nitrogens with one attached hydrogen (secondary N) is 2. The number of carboxylic acid groups (broad SMARTS) is 1. The highest BCUT2D eigenvalue weighted by molar-refractivity contribution is 5.85. The maximum Gasteiger partial charge on any atom is 0.405 e. The zero-order valence-electron chi connectivity index (χ0n) is 11.2. The third kappa shape index (κ3) is 8.58. The van der Waals surface area contributed by atoms with Crippen molar-refractivity contribution in [3.05, 3.63) is 12.7 Å². The smallest absolute Gasteiger partial charge is 0.405 e. The molecule has 0 bridgehead atoms. The number of hydrogen-bond acceptors (Lipinski definition) is 3. The molecule has 6 nitrogen and oxygen atoms in total. The van der Waals surface area contributed by atoms with Crippen LogP contribution in [-0.4, -0.2) is 41.9 Å². The van der Waals surface area contributed by atoms with Gasteiger partial charge in [-0.05, 0) is 27.2 Å². The first-order valence-electron chi connectivity index (χ1n) is 5.78. The Labute approximate surface area is 107 Å². The van der Waals surface area contributed by atoms with Crippen molar-refractivity contribution in [2.45, 2.75) is 38.8 Å². The topological polar surface area (TPSA) is 87.7 Å². The van der Waals surface area contributed by atoms with Gasteiger partial charge in [0.2, 0.25) is 5.91 Å². The number of amides is 2. The Balaban J connectivity index is 4.32. The fourth-order valence-corrected chi connectivity index (χ4v) is 1.09. The molecule has 0 heterocycles. The van der Waals surface area contributed by atoms with E-state index in [0.29, 0.717) is 13.0 Å². The van der Waals surface area contributed by atoms with Gasteiger partial charge in [-0.1, -0.05) is 6.08 Å². The van der Waals surface area contributed by atoms with Gasteiger partial charge >= 0.3 is 6.09 Å². The van der Waals surface area contributed by atoms with Crippen LogP contribution in [0.3, 0.4) is 0 Å². The lowest BCUT2D eigenvalue weighted by Gasteiger charge is -2.23. The minimum atomic E-state index is -1.25. The SMILES string of the molecule is C=CCCNC(=O)[C@H](COC(C)(C)C)NC(=O)O. The van der Waals surface area contributed by atoms with Gasteiger partial charge in [0.05, 0.1) is 12.2 Å². The van der Waals surface area contributed by atoms with E-state index < -0.39 is 23.6 Å². The molecule has 0 aliphatic heterocycles. The molecule has 0 radical (unpaired) electrons. The summed E-state index contributed by atoms with van der Waals surface area (Å²) >= 11 is 0. The molecule has 0 aromatic carbocycles. The molecule has 0 unspecified atom stereocenters. The highest BCUT2D eigenvalue weighted by Crippen LogP contribution is 2.07. The van der Waals surface area contributed by atoms with Gasteiger partial charge in [0.15, 0.2) is 0 Å². The molecule has 0 saturated carbocycles. The molecule has 0 spiro atoms. The lowest BCUT2D eigenvalue weighted by Crippen LogP contribution is -2.50. The lowest BCUT2D eigenvalue weighted by molar-refractivity contribution is -0.126. The number of rotatable bonds is 7. The van der Waals surface area contributed by atoms with Crippen LogP contribution in [0.25, 0.3) is 0 Å². The average Bonchev–Trinajstić information content (AvgIpc) is 2.22. The van der Waals surface area contributed by atoms with E-state index in [2.05, 4.69) is 17.2 Å². The molecular formula is C12H22N2O4. The molecule has 104 valence electrons. The summed E-state index contributed by atoms with van der Waals surface area (Å²) in [5, 5.41) is 13.4. The summed E-state index contributed by atoms with van der Waals surface area (Å²) in [5.41, 5.74) is -0.431. The van der Waals surface area contributed by atoms with Gasteiger partial charge in [-0.15, -0.1) is 6.58 Å². The molecule has 18 heavy (non-hydrogen) atoms. The molecule has 0 aliphatic carbocycles. The molecule has 0 aliphatic rings. The van der Waals surface area contributed by atoms with Crippen LogP contribution in [0, 0.1) is 0 Å². The molecule has 3 N–H and O–H groups in total. The van der Waals surface area contributed by atoms with Gasteiger partial charge in [-0.2, -0.15) is 0 Å². The third-order valence-corrected chi connectivity index (χ3v) is 1.94. The van der Waals surface area contributed by atoms with Crippen molar-refractivity contribution in [2.24, 2.45) is 0 Å². The quantitative estimate of drug-likeness (QED) is 0.472. The van der Waals surface area contributed by atoms with E-state index in [1.165, 1.54) is 0 Å². The maximum atomic E-state index is 11.7. The zero-order valence-corrected chi connectivity index (χ0v) is 11.2. The van der Waals surface area contributed by atoms with E-state index >= 15 is 0 Å². The van der Waals surface area contributed by atoms with Gasteiger partial charge in [0.1, 0.15) is 6.04 Å². The number of ether oxygens (including phenoxy) is 1. The third-order valence-electron chi connectivity index (χ3n) is 1.94. The lowest BCUT2D eigenvalue weighted by atomic mass is 10.2. The highest BCUT2D eigenvalue weighted by atomic mass is 16.5. The second-order valence-corrected chi connectivity index (χ2v) is 4.79. The summed E-state index contributed by atoms with van der Waals surface area (Å²) in [4.78, 5) is 22.3. The largest absolute Gasteiger partial charge is 0.465 e. The van der Waals surface area contributed by atoms with Crippen molar-refractivity contribution < 1.29 is 19.4 Å². The van der Waals surface area contributed by atoms with E-state index in [-0.39, 0.29) is 6.61 Å². The fraction of sp³-hybridized carbons (Fsp3) is 0.667. The van der Waals surface area contributed by atoms with Crippen LogP contribution in [-0.2, 0) is 9.53 Å². The van der Waals surface area contributed by atoms with Gasteiger partial charge < -0.3 is 20.5 Å². The fourth-order valence-electron chi connectivity index (χ4n) is 1.09. The molecule has 0 aromatic heterocycles. The normalized spacial score (nSPS) is 12.6. The van der Waals surface area contributed by atoms with Crippen LogP contribution in [0.2, 0.25) is 0 Å². The predicted molar refractivity (Wildman–Crippen MR) is 68.5 cm³/mol. The molecule has 0 rings (SSSR count). The number of carbonyl (C=O) groups is 2. The minimum absolute atomic E-state index is 0.00424. The summed E-state index contributed by atoms with van der Waals surface area (Å²) < 4.78 is 5.41. The predicted octanol–water partition coefficient (Wildman–Crippen LogP) is 1.13. The van der Waals surface area contributed by atoms with Crippen molar-refractivity contribution in [3.8, 4) is 0 Å². The molecule has 6 heteroatoms. The van der Waals surface area contributed by atoms with Gasteiger partial charge in [-0.25, -0.2) is 4.79 Å². The number of hydrogen-bond donors (Lipinski definition) is 3. The molecule has 0 saturated heterocycles. The van der Waals surface area contributed by atoms with Crippen molar-refractivity contribution in [3.63, 3.8) is 0 Å². The summed E-state index contributed by atoms with van der Waals surface area (Å²) in [6.07, 6.45) is 1.05. The minimum Gasteiger partial charge on any atom is -0.465 e. The maximum absolute atomic E-state index is 11.7. The Morgan fingerprint density at radius 3 is 2.50 bits per heavy atom. The van der Waals surface area contributed by atoms with Crippen molar-refractivity contribution in [2.75, 3.05) is 13.2 Å². The molecule has 0 fully saturated rings. The van der Waals surface area contributed by atoms with Crippen molar-refractivity contribution >= 4 is 12.0 Å². The van der Waals surface area contributed by atoms with Gasteiger partial charge in [-0.3, -0.25) is 4.79 Å². The standard InChI is InChI=1S/C12H22N2O4/c1-5-6-7-13-10(15)9(14-11(16)17)8-18-12(2,3)4/h5,9,14H,1,6-8H2,2-4H3,(H,13,15)(H,16,17)/t9-/m0/s1. The molecule has 1 atom stereocenters. The van der Waals surface area contributed by atoms with Crippen LogP contribution in [0.5, 0.6) is 0 Å². The first-order valence-corrected chi connectivity index (χ1v) is 5.78. The first kappa shape index (κ1) is 16.4. The molecule has 0 aromatic rings. The molecule has 2 amide bonds. The van der Waals surface area contributed by atoms with Crippen LogP contribution in [0.15, 0.2) is 12.7 Å². The summed E-state index contributed by atoms with van der Waals surface area (Å²) in [5.74, 6) is -0.400. The van der Waals surface area contributed by atoms with E-state index in [9.17, 15) is 9.59 Å². The molecular weight excluding hydrogens is 236 g/mol. The zero-order chi connectivity index (χ0) is 14.2. The Hall–Kier alpha value is -1.56. The average molecular weight is 258 g/mol. The van der Waals surface area contributed by atoms with E-state index in [1.54, 1.807) is 6.08 Å². The summed E-state index contributed by atoms with van der Waals surface area (Å²) in [7, 11) is 0. The Kier molecular flexibility index (Phi) is 7.04. The Morgan fingerprint density at radius 2 is 2.06 bits per heavy atom. The van der Waals surface area contributed by atoms with Gasteiger partial charge in [0.25, 0.3) is 0 Å². The monoisotopic (exact) mass is 258 g/mol. The van der Waals surface area contributed by atoms with Crippen LogP contribution < -0.4 is 10.6 Å². The summed E-state index contributed by atoms with van der Waals surface area (Å²) in [6.45, 7) is 9.46. The summed E-state index contributed by atoms with van der Waals surface area (Å²) in [6, 6.07) is -0.911.